The number of nitrogens with zero attached hydrogens (tertiary/aromatic N) is 3. The van der Waals surface area contributed by atoms with E-state index in [9.17, 15) is 17.8 Å². The molecular weight excluding hydrogens is 474 g/mol. The predicted octanol–water partition coefficient (Wildman–Crippen LogP) is 3.47. The van der Waals surface area contributed by atoms with E-state index in [0.717, 1.165) is 30.5 Å². The highest BCUT2D eigenvalue weighted by Crippen LogP contribution is 2.21. The molecule has 0 spiro atoms. The maximum absolute atomic E-state index is 14.2. The average Bonchev–Trinajstić information content (AvgIpc) is 2.81. The van der Waals surface area contributed by atoms with Crippen LogP contribution in [0.4, 0.5) is 14.5 Å². The van der Waals surface area contributed by atoms with Gasteiger partial charge < -0.3 is 10.6 Å². The lowest BCUT2D eigenvalue weighted by Crippen LogP contribution is -2.45. The van der Waals surface area contributed by atoms with Gasteiger partial charge in [0.1, 0.15) is 17.6 Å². The van der Waals surface area contributed by atoms with Crippen molar-refractivity contribution in [3.8, 4) is 0 Å². The molecule has 11 heteroatoms. The molecule has 1 atom stereocenters. The Morgan fingerprint density at radius 2 is 1.91 bits per heavy atom. The summed E-state index contributed by atoms with van der Waals surface area (Å²) in [4.78, 5) is 14.8. The molecule has 1 aliphatic rings. The Morgan fingerprint density at radius 1 is 1.26 bits per heavy atom. The molecule has 1 fully saturated rings. The van der Waals surface area contributed by atoms with Crippen molar-refractivity contribution in [3.63, 3.8) is 0 Å². The average molecular weight is 509 g/mol. The van der Waals surface area contributed by atoms with Gasteiger partial charge in [-0.1, -0.05) is 0 Å². The van der Waals surface area contributed by atoms with Gasteiger partial charge in [0.15, 0.2) is 12.1 Å². The van der Waals surface area contributed by atoms with Crippen molar-refractivity contribution in [3.05, 3.63) is 46.8 Å². The standard InChI is InChI=1S/C17H19F2N5O.C7H15NOS/c1-9(2)22-15-6-12(8-25)23-24-17(15)16(20)13-5-11(4-10(3)18)21-7-14(13)19;1-7(8-2)3-5-10(9)6-4-7/h5-10,20H,4H2,1-3H3,(H,22,23);8H,3-6H2,1-2H3. The van der Waals surface area contributed by atoms with E-state index in [4.69, 9.17) is 5.41 Å². The second-order valence-corrected chi connectivity index (χ2v) is 10.8. The molecule has 0 bridgehead atoms. The Kier molecular flexibility index (Phi) is 10.5. The first kappa shape index (κ1) is 28.6. The van der Waals surface area contributed by atoms with Gasteiger partial charge in [-0.25, -0.2) is 8.78 Å². The van der Waals surface area contributed by atoms with Gasteiger partial charge in [0.05, 0.1) is 17.6 Å². The van der Waals surface area contributed by atoms with Gasteiger partial charge in [0.25, 0.3) is 0 Å². The highest BCUT2D eigenvalue weighted by atomic mass is 32.2. The molecule has 0 radical (unpaired) electrons. The lowest BCUT2D eigenvalue weighted by atomic mass is 9.95. The van der Waals surface area contributed by atoms with Crippen LogP contribution in [0.2, 0.25) is 0 Å². The van der Waals surface area contributed by atoms with E-state index >= 15 is 0 Å². The summed E-state index contributed by atoms with van der Waals surface area (Å²) in [6, 6.07) is 2.79. The van der Waals surface area contributed by atoms with Gasteiger partial charge in [-0.15, -0.1) is 10.2 Å². The molecule has 192 valence electrons. The minimum absolute atomic E-state index is 0.000451. The van der Waals surface area contributed by atoms with Crippen LogP contribution in [0.15, 0.2) is 18.3 Å². The molecule has 35 heavy (non-hydrogen) atoms. The molecule has 1 saturated heterocycles. The van der Waals surface area contributed by atoms with Crippen molar-refractivity contribution in [2.75, 3.05) is 23.9 Å². The fraction of sp³-hybridized carbons (Fsp3) is 0.542. The molecule has 3 heterocycles. The number of anilines is 1. The quantitative estimate of drug-likeness (QED) is 0.369. The lowest BCUT2D eigenvalue weighted by molar-refractivity contribution is 0.111. The Balaban J connectivity index is 0.000000360. The zero-order valence-electron chi connectivity index (χ0n) is 20.8. The molecule has 0 saturated carbocycles. The number of hydrogen-bond acceptors (Lipinski definition) is 8. The van der Waals surface area contributed by atoms with E-state index in [-0.39, 0.29) is 40.7 Å². The maximum atomic E-state index is 14.2. The van der Waals surface area contributed by atoms with E-state index in [0.29, 0.717) is 17.7 Å². The van der Waals surface area contributed by atoms with Crippen molar-refractivity contribution in [1.29, 1.82) is 5.41 Å². The Hall–Kier alpha value is -2.66. The van der Waals surface area contributed by atoms with Crippen LogP contribution in [-0.4, -0.2) is 67.7 Å². The smallest absolute Gasteiger partial charge is 0.170 e. The molecule has 0 amide bonds. The first-order valence-electron chi connectivity index (χ1n) is 11.5. The first-order chi connectivity index (χ1) is 16.5. The molecule has 3 N–H and O–H groups in total. The van der Waals surface area contributed by atoms with Gasteiger partial charge in [-0.05, 0) is 59.7 Å². The normalized spacial score (nSPS) is 20.5. The molecule has 1 unspecified atom stereocenters. The number of carbonyl (C=O) groups is 1. The van der Waals surface area contributed by atoms with Crippen molar-refractivity contribution >= 4 is 28.5 Å². The van der Waals surface area contributed by atoms with Gasteiger partial charge in [0, 0.05) is 51.6 Å². The van der Waals surface area contributed by atoms with Crippen molar-refractivity contribution in [2.24, 2.45) is 0 Å². The molecule has 2 aromatic rings. The molecule has 8 nitrogen and oxygen atoms in total. The van der Waals surface area contributed by atoms with Crippen LogP contribution in [0.5, 0.6) is 0 Å². The number of halogens is 2. The first-order valence-corrected chi connectivity index (χ1v) is 13.0. The number of alkyl halides is 1. The maximum Gasteiger partial charge on any atom is 0.170 e. The summed E-state index contributed by atoms with van der Waals surface area (Å²) in [5.74, 6) is 1.03. The number of carbonyl (C=O) groups excluding carboxylic acids is 1. The van der Waals surface area contributed by atoms with E-state index in [1.807, 2.05) is 20.9 Å². The van der Waals surface area contributed by atoms with E-state index in [2.05, 4.69) is 32.7 Å². The molecule has 0 aromatic carbocycles. The van der Waals surface area contributed by atoms with Crippen molar-refractivity contribution in [2.45, 2.75) is 64.7 Å². The molecular formula is C24H34F2N6O2S. The zero-order valence-corrected chi connectivity index (χ0v) is 21.6. The second kappa shape index (κ2) is 12.9. The van der Waals surface area contributed by atoms with Crippen molar-refractivity contribution in [1.82, 2.24) is 20.5 Å². The summed E-state index contributed by atoms with van der Waals surface area (Å²) in [5, 5.41) is 22.2. The summed E-state index contributed by atoms with van der Waals surface area (Å²) in [7, 11) is 1.45. The van der Waals surface area contributed by atoms with Crippen LogP contribution >= 0.6 is 0 Å². The van der Waals surface area contributed by atoms with Gasteiger partial charge in [-0.2, -0.15) is 0 Å². The van der Waals surface area contributed by atoms with Gasteiger partial charge in [0.2, 0.25) is 0 Å². The number of pyridine rings is 1. The third-order valence-electron chi connectivity index (χ3n) is 5.65. The Bertz CT molecular complexity index is 1050. The summed E-state index contributed by atoms with van der Waals surface area (Å²) in [5.41, 5.74) is 0.922. The summed E-state index contributed by atoms with van der Waals surface area (Å²) < 4.78 is 38.3. The van der Waals surface area contributed by atoms with Gasteiger partial charge in [-0.3, -0.25) is 19.4 Å². The van der Waals surface area contributed by atoms with Crippen LogP contribution in [0.25, 0.3) is 0 Å². The third-order valence-corrected chi connectivity index (χ3v) is 6.97. The number of hydrogen-bond donors (Lipinski definition) is 3. The minimum atomic E-state index is -1.13. The van der Waals surface area contributed by atoms with E-state index in [1.54, 1.807) is 0 Å². The predicted molar refractivity (Wildman–Crippen MR) is 135 cm³/mol. The topological polar surface area (TPSA) is 121 Å². The minimum Gasteiger partial charge on any atom is -0.381 e. The molecule has 2 aromatic heterocycles. The van der Waals surface area contributed by atoms with Crippen molar-refractivity contribution < 1.29 is 17.8 Å². The summed E-state index contributed by atoms with van der Waals surface area (Å²) in [6.45, 7) is 7.33. The summed E-state index contributed by atoms with van der Waals surface area (Å²) >= 11 is 0. The fourth-order valence-electron chi connectivity index (χ4n) is 3.43. The second-order valence-electron chi connectivity index (χ2n) is 9.12. The number of nitrogens with one attached hydrogen (secondary N) is 3. The highest BCUT2D eigenvalue weighted by molar-refractivity contribution is 7.85. The van der Waals surface area contributed by atoms with Gasteiger partial charge >= 0.3 is 0 Å². The van der Waals surface area contributed by atoms with Crippen LogP contribution in [0.1, 0.15) is 68.0 Å². The van der Waals surface area contributed by atoms with Crippen LogP contribution in [0.3, 0.4) is 0 Å². The highest BCUT2D eigenvalue weighted by Gasteiger charge is 2.27. The van der Waals surface area contributed by atoms with E-state index < -0.39 is 22.8 Å². The third kappa shape index (κ3) is 8.50. The Labute approximate surface area is 207 Å². The number of rotatable bonds is 8. The molecule has 1 aliphatic heterocycles. The summed E-state index contributed by atoms with van der Waals surface area (Å²) in [6.07, 6.45) is 2.49. The number of aromatic nitrogens is 3. The lowest BCUT2D eigenvalue weighted by Gasteiger charge is -2.32. The Morgan fingerprint density at radius 3 is 2.46 bits per heavy atom. The van der Waals surface area contributed by atoms with Crippen LogP contribution in [-0.2, 0) is 17.2 Å². The van der Waals surface area contributed by atoms with Crippen LogP contribution in [0, 0.1) is 11.2 Å². The van der Waals surface area contributed by atoms with Crippen LogP contribution < -0.4 is 10.6 Å². The van der Waals surface area contributed by atoms with E-state index in [1.165, 1.54) is 19.1 Å². The largest absolute Gasteiger partial charge is 0.381 e. The molecule has 3 rings (SSSR count). The number of aldehydes is 1. The SMILES string of the molecule is CC(F)Cc1cc(C(=N)c2nnc(C=O)cc2NC(C)C)c(F)cn1.CNC1(C)CCS(=O)CC1. The molecule has 0 aliphatic carbocycles. The zero-order chi connectivity index (χ0) is 26.2. The fourth-order valence-corrected chi connectivity index (χ4v) is 4.99. The monoisotopic (exact) mass is 508 g/mol.